The molecule has 0 fully saturated rings. The summed E-state index contributed by atoms with van der Waals surface area (Å²) in [6, 6.07) is 0. The van der Waals surface area contributed by atoms with Gasteiger partial charge in [0.15, 0.2) is 5.82 Å². The Bertz CT molecular complexity index is 1180. The summed E-state index contributed by atoms with van der Waals surface area (Å²) in [5.41, 5.74) is 10.7. The maximum Gasteiger partial charge on any atom is 0.392 e. The number of allylic oxidation sites excluding steroid dienone is 6. The number of nitrogens with zero attached hydrogens (tertiary/aromatic N) is 4. The molecule has 0 saturated heterocycles. The molecular formula is C27H42F3N7O2. The Labute approximate surface area is 228 Å². The lowest BCUT2D eigenvalue weighted by Crippen LogP contribution is -2.16. The summed E-state index contributed by atoms with van der Waals surface area (Å²) in [7, 11) is 6.03. The lowest BCUT2D eigenvalue weighted by molar-refractivity contribution is -0.126. The molecule has 1 aliphatic carbocycles. The van der Waals surface area contributed by atoms with Crippen LogP contribution in [0.3, 0.4) is 0 Å². The molecule has 218 valence electrons. The minimum Gasteiger partial charge on any atom is -0.400 e. The second kappa shape index (κ2) is 17.8. The monoisotopic (exact) mass is 553 g/mol. The number of nitrogens with one attached hydrogen (secondary N) is 2. The van der Waals surface area contributed by atoms with Gasteiger partial charge in [-0.2, -0.15) is 18.3 Å². The number of nitrogen functional groups attached to an aromatic ring is 1. The van der Waals surface area contributed by atoms with Gasteiger partial charge in [-0.05, 0) is 31.6 Å². The molecule has 6 N–H and O–H groups in total. The number of amidine groups is 1. The molecule has 39 heavy (non-hydrogen) atoms. The van der Waals surface area contributed by atoms with E-state index in [2.05, 4.69) is 31.8 Å². The number of rotatable bonds is 5. The third-order valence-corrected chi connectivity index (χ3v) is 5.15. The predicted molar refractivity (Wildman–Crippen MR) is 153 cm³/mol. The maximum absolute atomic E-state index is 11.9. The van der Waals surface area contributed by atoms with Gasteiger partial charge in [-0.1, -0.05) is 37.6 Å². The SMILES string of the molecule is CC.CN=C(/C=C(\C)CC(F)(F)F)NC.CNC1=CC=C(c2c(C(C)O)cn3ncnc(N)c23)C=CC1.CO. The Balaban J connectivity index is 0.000000732. The summed E-state index contributed by atoms with van der Waals surface area (Å²) >= 11 is 0. The van der Waals surface area contributed by atoms with E-state index in [9.17, 15) is 18.3 Å². The Kier molecular flexibility index (Phi) is 16.1. The number of hydrogen-bond acceptors (Lipinski definition) is 7. The minimum atomic E-state index is -4.15. The van der Waals surface area contributed by atoms with E-state index in [-0.39, 0.29) is 5.57 Å². The fourth-order valence-electron chi connectivity index (χ4n) is 3.50. The largest absolute Gasteiger partial charge is 0.400 e. The average molecular weight is 554 g/mol. The number of aliphatic hydroxyl groups excluding tert-OH is 2. The van der Waals surface area contributed by atoms with E-state index in [0.29, 0.717) is 11.7 Å². The number of fused-ring (bicyclic) bond motifs is 1. The normalized spacial score (nSPS) is 14.3. The van der Waals surface area contributed by atoms with Crippen LogP contribution in [0.1, 0.15) is 57.8 Å². The van der Waals surface area contributed by atoms with Crippen LogP contribution in [0.4, 0.5) is 19.0 Å². The molecule has 0 amide bonds. The van der Waals surface area contributed by atoms with Crippen molar-refractivity contribution in [3.8, 4) is 0 Å². The van der Waals surface area contributed by atoms with Crippen LogP contribution in [0.15, 0.2) is 59.2 Å². The second-order valence-corrected chi connectivity index (χ2v) is 7.89. The van der Waals surface area contributed by atoms with Gasteiger partial charge in [-0.3, -0.25) is 4.99 Å². The third-order valence-electron chi connectivity index (χ3n) is 5.15. The number of likely N-dealkylation sites (N-methyl/N-ethyl adjacent to an activating group) is 1. The van der Waals surface area contributed by atoms with Crippen molar-refractivity contribution in [2.24, 2.45) is 4.99 Å². The zero-order valence-electron chi connectivity index (χ0n) is 23.9. The number of alkyl halides is 3. The van der Waals surface area contributed by atoms with Crippen LogP contribution in [0.25, 0.3) is 11.1 Å². The standard InChI is InChI=1S/C16H19N5O.C8H13F3N2.C2H6.CH4O/c1-10(22)13-8-21-15(16(17)19-9-20-21)14(13)11-4-3-5-12(18-2)7-6-11;1-6(5-8(9,10)11)4-7(12-2)13-3;2*1-2/h3-4,6-10,18,22H,5H2,1-2H3,(H2,17,19,20);4H,5H2,1-3H3,(H,12,13);1-2H3;2H,1H3/b;6-4+;;. The summed E-state index contributed by atoms with van der Waals surface area (Å²) in [6.45, 7) is 7.16. The molecule has 12 heteroatoms. The van der Waals surface area contributed by atoms with Crippen molar-refractivity contribution in [3.63, 3.8) is 0 Å². The molecule has 0 bridgehead atoms. The van der Waals surface area contributed by atoms with Gasteiger partial charge in [0.2, 0.25) is 0 Å². The molecule has 0 spiro atoms. The predicted octanol–water partition coefficient (Wildman–Crippen LogP) is 4.58. The van der Waals surface area contributed by atoms with Crippen LogP contribution >= 0.6 is 0 Å². The molecule has 0 aliphatic heterocycles. The van der Waals surface area contributed by atoms with E-state index in [1.165, 1.54) is 26.4 Å². The molecule has 0 aromatic carbocycles. The van der Waals surface area contributed by atoms with Crippen LogP contribution in [0.2, 0.25) is 0 Å². The average Bonchev–Trinajstić information content (AvgIpc) is 3.15. The van der Waals surface area contributed by atoms with Crippen molar-refractivity contribution in [1.82, 2.24) is 25.2 Å². The van der Waals surface area contributed by atoms with E-state index in [0.717, 1.165) is 41.4 Å². The molecule has 1 unspecified atom stereocenters. The lowest BCUT2D eigenvalue weighted by Gasteiger charge is -2.08. The highest BCUT2D eigenvalue weighted by molar-refractivity contribution is 5.93. The summed E-state index contributed by atoms with van der Waals surface area (Å²) in [6.07, 6.45) is 7.93. The molecule has 2 aromatic rings. The third kappa shape index (κ3) is 11.3. The van der Waals surface area contributed by atoms with Gasteiger partial charge < -0.3 is 26.6 Å². The molecular weight excluding hydrogens is 511 g/mol. The molecule has 2 heterocycles. The van der Waals surface area contributed by atoms with E-state index < -0.39 is 18.7 Å². The topological polar surface area (TPSA) is 133 Å². The van der Waals surface area contributed by atoms with Crippen LogP contribution in [-0.4, -0.2) is 65.1 Å². The summed E-state index contributed by atoms with van der Waals surface area (Å²) in [5.74, 6) is 0.843. The molecule has 9 nitrogen and oxygen atoms in total. The Morgan fingerprint density at radius 3 is 2.41 bits per heavy atom. The molecule has 3 rings (SSSR count). The van der Waals surface area contributed by atoms with Gasteiger partial charge in [-0.25, -0.2) is 9.50 Å². The molecule has 1 atom stereocenters. The number of aromatic nitrogens is 3. The van der Waals surface area contributed by atoms with Crippen molar-refractivity contribution in [2.75, 3.05) is 34.0 Å². The first-order valence-electron chi connectivity index (χ1n) is 12.4. The van der Waals surface area contributed by atoms with Crippen LogP contribution < -0.4 is 16.4 Å². The quantitative estimate of drug-likeness (QED) is 0.270. The molecule has 1 aliphatic rings. The molecule has 2 aromatic heterocycles. The van der Waals surface area contributed by atoms with Crippen molar-refractivity contribution >= 4 is 22.7 Å². The number of aliphatic imine (C=N–C) groups is 1. The number of anilines is 1. The summed E-state index contributed by atoms with van der Waals surface area (Å²) in [4.78, 5) is 7.81. The van der Waals surface area contributed by atoms with Crippen molar-refractivity contribution in [2.45, 2.75) is 52.8 Å². The van der Waals surface area contributed by atoms with Crippen LogP contribution in [0, 0.1) is 0 Å². The Morgan fingerprint density at radius 2 is 1.90 bits per heavy atom. The molecule has 0 radical (unpaired) electrons. The van der Waals surface area contributed by atoms with E-state index in [1.54, 1.807) is 24.7 Å². The minimum absolute atomic E-state index is 0.238. The van der Waals surface area contributed by atoms with Crippen LogP contribution in [-0.2, 0) is 0 Å². The first-order valence-corrected chi connectivity index (χ1v) is 12.4. The van der Waals surface area contributed by atoms with Crippen molar-refractivity contribution in [1.29, 1.82) is 0 Å². The van der Waals surface area contributed by atoms with Gasteiger partial charge >= 0.3 is 6.18 Å². The first-order chi connectivity index (χ1) is 18.5. The van der Waals surface area contributed by atoms with Gasteiger partial charge in [0, 0.05) is 57.7 Å². The van der Waals surface area contributed by atoms with Crippen molar-refractivity contribution < 1.29 is 23.4 Å². The summed E-state index contributed by atoms with van der Waals surface area (Å²) in [5, 5.41) is 27.1. The zero-order chi connectivity index (χ0) is 30.2. The van der Waals surface area contributed by atoms with Gasteiger partial charge in [0.25, 0.3) is 0 Å². The number of aliphatic hydroxyl groups is 2. The summed E-state index contributed by atoms with van der Waals surface area (Å²) < 4.78 is 37.3. The first kappa shape index (κ1) is 35.4. The van der Waals surface area contributed by atoms with Gasteiger partial charge in [0.1, 0.15) is 17.7 Å². The van der Waals surface area contributed by atoms with Crippen molar-refractivity contribution in [3.05, 3.63) is 65.3 Å². The zero-order valence-corrected chi connectivity index (χ0v) is 23.9. The van der Waals surface area contributed by atoms with E-state index in [4.69, 9.17) is 10.8 Å². The van der Waals surface area contributed by atoms with Gasteiger partial charge in [-0.15, -0.1) is 0 Å². The maximum atomic E-state index is 11.9. The highest BCUT2D eigenvalue weighted by Crippen LogP contribution is 2.34. The highest BCUT2D eigenvalue weighted by atomic mass is 19.4. The smallest absolute Gasteiger partial charge is 0.392 e. The number of halogens is 3. The Hall–Kier alpha value is -3.64. The highest BCUT2D eigenvalue weighted by Gasteiger charge is 2.27. The number of nitrogens with two attached hydrogens (primary N) is 1. The second-order valence-electron chi connectivity index (χ2n) is 7.89. The fraction of sp³-hybridized carbons (Fsp3) is 0.444. The Morgan fingerprint density at radius 1 is 1.26 bits per heavy atom. The van der Waals surface area contributed by atoms with Gasteiger partial charge in [0.05, 0.1) is 12.5 Å². The number of hydrogen-bond donors (Lipinski definition) is 5. The van der Waals surface area contributed by atoms with Crippen LogP contribution in [0.5, 0.6) is 0 Å². The molecule has 0 saturated carbocycles. The fourth-order valence-corrected chi connectivity index (χ4v) is 3.50. The van der Waals surface area contributed by atoms with E-state index >= 15 is 0 Å². The lowest BCUT2D eigenvalue weighted by atomic mass is 9.99. The van der Waals surface area contributed by atoms with E-state index in [1.807, 2.05) is 39.1 Å².